The number of benzene rings is 2. The molecule has 1 atom stereocenters. The number of rotatable bonds is 7. The summed E-state index contributed by atoms with van der Waals surface area (Å²) in [5.41, 5.74) is 2.96. The summed E-state index contributed by atoms with van der Waals surface area (Å²) in [6.07, 6.45) is 2.80. The predicted octanol–water partition coefficient (Wildman–Crippen LogP) is 4.46. The fourth-order valence-corrected chi connectivity index (χ4v) is 4.27. The van der Waals surface area contributed by atoms with Crippen LogP contribution >= 0.6 is 0 Å². The second-order valence-electron chi connectivity index (χ2n) is 8.48. The van der Waals surface area contributed by atoms with Gasteiger partial charge in [-0.1, -0.05) is 24.8 Å². The molecule has 0 spiro atoms. The van der Waals surface area contributed by atoms with Gasteiger partial charge < -0.3 is 4.74 Å². The molecular weight excluding hydrogens is 478 g/mol. The molecule has 4 rings (SSSR count). The Kier molecular flexibility index (Phi) is 7.32. The van der Waals surface area contributed by atoms with Crippen molar-refractivity contribution in [2.75, 3.05) is 14.1 Å². The Hall–Kier alpha value is -4.54. The van der Waals surface area contributed by atoms with Crippen LogP contribution in [0.25, 0.3) is 16.7 Å². The van der Waals surface area contributed by atoms with Gasteiger partial charge >= 0.3 is 6.61 Å². The summed E-state index contributed by atoms with van der Waals surface area (Å²) in [5, 5.41) is 13.4. The molecule has 0 N–H and O–H groups in total. The number of alkyl halides is 2. The molecule has 2 heterocycles. The molecule has 2 aromatic carbocycles. The zero-order valence-corrected chi connectivity index (χ0v) is 20.7. The summed E-state index contributed by atoms with van der Waals surface area (Å²) in [5.74, 6) is 6.44. The van der Waals surface area contributed by atoms with Gasteiger partial charge in [0.15, 0.2) is 17.7 Å². The zero-order valence-electron chi connectivity index (χ0n) is 20.7. The number of aromatic nitrogens is 4. The number of carbonyl (C=O) groups excluding carboxylic acids is 1. The van der Waals surface area contributed by atoms with E-state index in [1.807, 2.05) is 25.9 Å². The minimum atomic E-state index is -3.08. The highest BCUT2D eigenvalue weighted by molar-refractivity contribution is 5.88. The molecule has 0 saturated carbocycles. The van der Waals surface area contributed by atoms with Crippen LogP contribution in [-0.4, -0.2) is 51.2 Å². The van der Waals surface area contributed by atoms with Crippen LogP contribution in [0.15, 0.2) is 42.6 Å². The molecule has 0 aliphatic carbocycles. The SMILES string of the molecule is CCC(c1nc2ccc(C#Cc3cnn(C)c3C#N)cc2n1-c1c(C=O)cccc1OC(F)F)N(C)C. The quantitative estimate of drug-likeness (QED) is 0.274. The standard InChI is InChI=1S/C27H24F2N6O2/c1-5-21(33(2)3)26-32-20-12-10-17(9-11-18-15-31-34(4)23(18)14-30)13-22(20)35(26)25-19(16-36)7-6-8-24(25)37-27(28)29/h6-8,10,12-13,15-16,21,27H,5H2,1-4H3. The second kappa shape index (κ2) is 10.6. The highest BCUT2D eigenvalue weighted by atomic mass is 19.3. The first-order chi connectivity index (χ1) is 17.8. The third-order valence-corrected chi connectivity index (χ3v) is 5.97. The lowest BCUT2D eigenvalue weighted by molar-refractivity contribution is -0.0498. The van der Waals surface area contributed by atoms with Gasteiger partial charge in [-0.25, -0.2) is 4.98 Å². The predicted molar refractivity (Wildman–Crippen MR) is 134 cm³/mol. The lowest BCUT2D eigenvalue weighted by Gasteiger charge is -2.25. The minimum Gasteiger partial charge on any atom is -0.433 e. The van der Waals surface area contributed by atoms with Gasteiger partial charge in [0.2, 0.25) is 0 Å². The zero-order chi connectivity index (χ0) is 26.7. The highest BCUT2D eigenvalue weighted by Crippen LogP contribution is 2.36. The Morgan fingerprint density at radius 1 is 1.22 bits per heavy atom. The second-order valence-corrected chi connectivity index (χ2v) is 8.48. The van der Waals surface area contributed by atoms with Crippen molar-refractivity contribution >= 4 is 17.3 Å². The van der Waals surface area contributed by atoms with Gasteiger partial charge in [0.1, 0.15) is 17.6 Å². The Labute approximate surface area is 212 Å². The normalized spacial score (nSPS) is 11.9. The van der Waals surface area contributed by atoms with Crippen LogP contribution < -0.4 is 4.74 Å². The molecule has 10 heteroatoms. The van der Waals surface area contributed by atoms with E-state index in [2.05, 4.69) is 23.0 Å². The molecule has 0 radical (unpaired) electrons. The number of para-hydroxylation sites is 1. The average Bonchev–Trinajstić information content (AvgIpc) is 3.41. The maximum Gasteiger partial charge on any atom is 0.387 e. The van der Waals surface area contributed by atoms with Gasteiger partial charge in [-0.05, 0) is 50.8 Å². The van der Waals surface area contributed by atoms with Gasteiger partial charge in [0.25, 0.3) is 0 Å². The molecule has 2 aromatic heterocycles. The van der Waals surface area contributed by atoms with Crippen LogP contribution in [0.1, 0.15) is 52.4 Å². The molecule has 4 aromatic rings. The average molecular weight is 503 g/mol. The number of fused-ring (bicyclic) bond motifs is 1. The van der Waals surface area contributed by atoms with E-state index in [0.717, 1.165) is 0 Å². The number of nitrogens with zero attached hydrogens (tertiary/aromatic N) is 6. The van der Waals surface area contributed by atoms with Crippen LogP contribution in [0, 0.1) is 23.2 Å². The Morgan fingerprint density at radius 2 is 2.00 bits per heavy atom. The van der Waals surface area contributed by atoms with Crippen molar-refractivity contribution in [3.8, 4) is 29.3 Å². The molecule has 0 aliphatic heterocycles. The molecule has 0 fully saturated rings. The third kappa shape index (κ3) is 4.92. The number of ether oxygens (including phenoxy) is 1. The lowest BCUT2D eigenvalue weighted by atomic mass is 10.1. The molecule has 1 unspecified atom stereocenters. The van der Waals surface area contributed by atoms with Crippen molar-refractivity contribution in [2.45, 2.75) is 26.0 Å². The number of hydrogen-bond donors (Lipinski definition) is 0. The van der Waals surface area contributed by atoms with Gasteiger partial charge in [-0.3, -0.25) is 18.9 Å². The summed E-state index contributed by atoms with van der Waals surface area (Å²) in [6, 6.07) is 11.7. The van der Waals surface area contributed by atoms with E-state index in [1.54, 1.807) is 35.9 Å². The summed E-state index contributed by atoms with van der Waals surface area (Å²) in [6.45, 7) is -1.08. The number of hydrogen-bond acceptors (Lipinski definition) is 6. The van der Waals surface area contributed by atoms with Gasteiger partial charge in [0, 0.05) is 18.2 Å². The molecule has 0 amide bonds. The summed E-state index contributed by atoms with van der Waals surface area (Å²) < 4.78 is 34.7. The molecule has 0 aliphatic rings. The number of halogens is 2. The van der Waals surface area contributed by atoms with Gasteiger partial charge in [0.05, 0.1) is 28.8 Å². The van der Waals surface area contributed by atoms with E-state index >= 15 is 0 Å². The monoisotopic (exact) mass is 502 g/mol. The smallest absolute Gasteiger partial charge is 0.387 e. The minimum absolute atomic E-state index is 0.140. The maximum absolute atomic E-state index is 13.3. The molecule has 8 nitrogen and oxygen atoms in total. The Morgan fingerprint density at radius 3 is 2.65 bits per heavy atom. The van der Waals surface area contributed by atoms with E-state index in [-0.39, 0.29) is 23.0 Å². The number of nitriles is 1. The van der Waals surface area contributed by atoms with Crippen molar-refractivity contribution in [1.82, 2.24) is 24.2 Å². The van der Waals surface area contributed by atoms with Crippen molar-refractivity contribution in [2.24, 2.45) is 7.05 Å². The van der Waals surface area contributed by atoms with Crippen LogP contribution in [0.2, 0.25) is 0 Å². The first-order valence-corrected chi connectivity index (χ1v) is 11.4. The molecule has 0 saturated heterocycles. The Bertz CT molecular complexity index is 1570. The van der Waals surface area contributed by atoms with E-state index in [9.17, 15) is 18.8 Å². The van der Waals surface area contributed by atoms with Crippen molar-refractivity contribution in [3.63, 3.8) is 0 Å². The third-order valence-electron chi connectivity index (χ3n) is 5.97. The van der Waals surface area contributed by atoms with Gasteiger partial charge in [-0.2, -0.15) is 19.1 Å². The summed E-state index contributed by atoms with van der Waals surface area (Å²) >= 11 is 0. The van der Waals surface area contributed by atoms with E-state index in [4.69, 9.17) is 9.72 Å². The van der Waals surface area contributed by atoms with Crippen molar-refractivity contribution in [3.05, 3.63) is 70.8 Å². The van der Waals surface area contributed by atoms with Crippen LogP contribution in [0.4, 0.5) is 8.78 Å². The summed E-state index contributed by atoms with van der Waals surface area (Å²) in [7, 11) is 5.46. The highest BCUT2D eigenvalue weighted by Gasteiger charge is 2.26. The van der Waals surface area contributed by atoms with E-state index in [1.165, 1.54) is 23.0 Å². The van der Waals surface area contributed by atoms with Crippen LogP contribution in [-0.2, 0) is 7.05 Å². The first kappa shape index (κ1) is 25.5. The fourth-order valence-electron chi connectivity index (χ4n) is 4.27. The Balaban J connectivity index is 2.00. The van der Waals surface area contributed by atoms with E-state index in [0.29, 0.717) is 46.4 Å². The maximum atomic E-state index is 13.3. The lowest BCUT2D eigenvalue weighted by Crippen LogP contribution is -2.23. The van der Waals surface area contributed by atoms with Gasteiger partial charge in [-0.15, -0.1) is 0 Å². The fraction of sp³-hybridized carbons (Fsp3) is 0.259. The van der Waals surface area contributed by atoms with Crippen molar-refractivity contribution in [1.29, 1.82) is 5.26 Å². The van der Waals surface area contributed by atoms with Crippen molar-refractivity contribution < 1.29 is 18.3 Å². The number of carbonyl (C=O) groups is 1. The molecular formula is C27H24F2N6O2. The first-order valence-electron chi connectivity index (χ1n) is 11.4. The van der Waals surface area contributed by atoms with E-state index < -0.39 is 6.61 Å². The topological polar surface area (TPSA) is 89.0 Å². The summed E-state index contributed by atoms with van der Waals surface area (Å²) in [4.78, 5) is 18.8. The number of aldehydes is 1. The van der Waals surface area contributed by atoms with Crippen LogP contribution in [0.3, 0.4) is 0 Å². The number of imidazole rings is 1. The molecule has 0 bridgehead atoms. The number of aryl methyl sites for hydroxylation is 1. The molecule has 37 heavy (non-hydrogen) atoms. The van der Waals surface area contributed by atoms with Crippen LogP contribution in [0.5, 0.6) is 5.75 Å². The largest absolute Gasteiger partial charge is 0.433 e. The molecule has 188 valence electrons.